The molecule has 0 aromatic heterocycles. The third kappa shape index (κ3) is 5.37. The average molecular weight is 251 g/mol. The first kappa shape index (κ1) is 15.5. The van der Waals surface area contributed by atoms with Gasteiger partial charge in [0.05, 0.1) is 6.07 Å². The van der Waals surface area contributed by atoms with E-state index in [1.54, 1.807) is 0 Å². The molecule has 0 amide bonds. The van der Waals surface area contributed by atoms with Gasteiger partial charge in [0.15, 0.2) is 0 Å². The SMILES string of the molecule is CCCNC(C)(C#N)CCN(CC1CC1)C(C)C. The van der Waals surface area contributed by atoms with Crippen LogP contribution in [0.5, 0.6) is 0 Å². The number of hydrogen-bond donors (Lipinski definition) is 1. The summed E-state index contributed by atoms with van der Waals surface area (Å²) in [6.45, 7) is 11.8. The fraction of sp³-hybridized carbons (Fsp3) is 0.933. The Balaban J connectivity index is 2.40. The fourth-order valence-corrected chi connectivity index (χ4v) is 2.14. The van der Waals surface area contributed by atoms with Crippen LogP contribution < -0.4 is 5.32 Å². The highest BCUT2D eigenvalue weighted by molar-refractivity contribution is 5.04. The predicted molar refractivity (Wildman–Crippen MR) is 76.4 cm³/mol. The maximum atomic E-state index is 9.33. The topological polar surface area (TPSA) is 39.1 Å². The van der Waals surface area contributed by atoms with Gasteiger partial charge in [-0.1, -0.05) is 6.92 Å². The molecule has 1 aliphatic carbocycles. The summed E-state index contributed by atoms with van der Waals surface area (Å²) in [6.07, 6.45) is 4.78. The molecule has 1 fully saturated rings. The van der Waals surface area contributed by atoms with Crippen LogP contribution >= 0.6 is 0 Å². The Morgan fingerprint density at radius 1 is 1.44 bits per heavy atom. The molecule has 104 valence electrons. The quantitative estimate of drug-likeness (QED) is 0.685. The van der Waals surface area contributed by atoms with Crippen LogP contribution in [0.3, 0.4) is 0 Å². The minimum Gasteiger partial charge on any atom is -0.301 e. The van der Waals surface area contributed by atoms with E-state index in [2.05, 4.69) is 37.1 Å². The van der Waals surface area contributed by atoms with Crippen molar-refractivity contribution in [2.45, 2.75) is 65.0 Å². The lowest BCUT2D eigenvalue weighted by molar-refractivity contribution is 0.194. The Bertz CT molecular complexity index is 278. The van der Waals surface area contributed by atoms with Gasteiger partial charge in [0.25, 0.3) is 0 Å². The summed E-state index contributed by atoms with van der Waals surface area (Å²) in [4.78, 5) is 2.53. The second-order valence-electron chi connectivity index (χ2n) is 6.15. The van der Waals surface area contributed by atoms with Crippen LogP contribution in [-0.4, -0.2) is 36.1 Å². The monoisotopic (exact) mass is 251 g/mol. The number of nitrogens with one attached hydrogen (secondary N) is 1. The van der Waals surface area contributed by atoms with Gasteiger partial charge < -0.3 is 4.90 Å². The molecule has 0 aromatic rings. The molecule has 1 atom stereocenters. The zero-order valence-electron chi connectivity index (χ0n) is 12.5. The number of nitriles is 1. The van der Waals surface area contributed by atoms with Crippen molar-refractivity contribution in [1.29, 1.82) is 5.26 Å². The molecule has 0 aromatic carbocycles. The van der Waals surface area contributed by atoms with Gasteiger partial charge in [-0.2, -0.15) is 5.26 Å². The van der Waals surface area contributed by atoms with Gasteiger partial charge in [0, 0.05) is 19.1 Å². The molecule has 18 heavy (non-hydrogen) atoms. The molecule has 0 radical (unpaired) electrons. The van der Waals surface area contributed by atoms with Crippen LogP contribution in [-0.2, 0) is 0 Å². The van der Waals surface area contributed by atoms with Gasteiger partial charge in [-0.3, -0.25) is 5.32 Å². The summed E-state index contributed by atoms with van der Waals surface area (Å²) < 4.78 is 0. The molecule has 1 rings (SSSR count). The minimum absolute atomic E-state index is 0.368. The van der Waals surface area contributed by atoms with E-state index >= 15 is 0 Å². The van der Waals surface area contributed by atoms with Crippen molar-refractivity contribution in [3.05, 3.63) is 0 Å². The normalized spacial score (nSPS) is 18.9. The van der Waals surface area contributed by atoms with Crippen molar-refractivity contribution in [1.82, 2.24) is 10.2 Å². The molecule has 1 aliphatic rings. The van der Waals surface area contributed by atoms with Crippen molar-refractivity contribution >= 4 is 0 Å². The highest BCUT2D eigenvalue weighted by atomic mass is 15.2. The van der Waals surface area contributed by atoms with E-state index in [4.69, 9.17) is 0 Å². The summed E-state index contributed by atoms with van der Waals surface area (Å²) in [6, 6.07) is 3.02. The van der Waals surface area contributed by atoms with E-state index in [0.29, 0.717) is 6.04 Å². The van der Waals surface area contributed by atoms with Gasteiger partial charge in [0.1, 0.15) is 5.54 Å². The lowest BCUT2D eigenvalue weighted by Crippen LogP contribution is -2.45. The van der Waals surface area contributed by atoms with E-state index < -0.39 is 0 Å². The van der Waals surface area contributed by atoms with E-state index in [0.717, 1.165) is 31.8 Å². The second-order valence-corrected chi connectivity index (χ2v) is 6.15. The molecule has 3 nitrogen and oxygen atoms in total. The third-order valence-corrected chi connectivity index (χ3v) is 3.83. The zero-order chi connectivity index (χ0) is 13.6. The predicted octanol–water partition coefficient (Wildman–Crippen LogP) is 2.78. The molecule has 1 N–H and O–H groups in total. The second kappa shape index (κ2) is 7.11. The first-order valence-electron chi connectivity index (χ1n) is 7.41. The molecule has 1 unspecified atom stereocenters. The Hall–Kier alpha value is -0.590. The zero-order valence-corrected chi connectivity index (χ0v) is 12.5. The highest BCUT2D eigenvalue weighted by Gasteiger charge is 2.28. The lowest BCUT2D eigenvalue weighted by atomic mass is 9.99. The van der Waals surface area contributed by atoms with Crippen molar-refractivity contribution < 1.29 is 0 Å². The van der Waals surface area contributed by atoms with E-state index in [-0.39, 0.29) is 5.54 Å². The van der Waals surface area contributed by atoms with Gasteiger partial charge >= 0.3 is 0 Å². The number of rotatable bonds is 9. The van der Waals surface area contributed by atoms with Crippen molar-refractivity contribution in [2.24, 2.45) is 5.92 Å². The summed E-state index contributed by atoms with van der Waals surface area (Å²) in [5, 5.41) is 12.7. The first-order chi connectivity index (χ1) is 8.50. The first-order valence-corrected chi connectivity index (χ1v) is 7.41. The molecular weight excluding hydrogens is 222 g/mol. The van der Waals surface area contributed by atoms with Crippen LogP contribution in [0.4, 0.5) is 0 Å². The molecule has 1 saturated carbocycles. The summed E-state index contributed by atoms with van der Waals surface area (Å²) >= 11 is 0. The van der Waals surface area contributed by atoms with Crippen molar-refractivity contribution in [3.8, 4) is 6.07 Å². The molecule has 3 heteroatoms. The number of nitrogens with zero attached hydrogens (tertiary/aromatic N) is 2. The van der Waals surface area contributed by atoms with Crippen LogP contribution in [0.1, 0.15) is 53.4 Å². The highest BCUT2D eigenvalue weighted by Crippen LogP contribution is 2.30. The van der Waals surface area contributed by atoms with Crippen LogP contribution in [0.15, 0.2) is 0 Å². The van der Waals surface area contributed by atoms with Crippen LogP contribution in [0, 0.1) is 17.2 Å². The molecule has 0 spiro atoms. The Morgan fingerprint density at radius 3 is 2.56 bits per heavy atom. The van der Waals surface area contributed by atoms with E-state index in [1.165, 1.54) is 19.4 Å². The van der Waals surface area contributed by atoms with Crippen LogP contribution in [0.2, 0.25) is 0 Å². The average Bonchev–Trinajstić information content (AvgIpc) is 3.15. The van der Waals surface area contributed by atoms with Crippen molar-refractivity contribution in [3.63, 3.8) is 0 Å². The Kier molecular flexibility index (Phi) is 6.11. The van der Waals surface area contributed by atoms with Gasteiger partial charge in [-0.15, -0.1) is 0 Å². The van der Waals surface area contributed by atoms with E-state index in [1.807, 2.05) is 6.92 Å². The maximum Gasteiger partial charge on any atom is 0.105 e. The lowest BCUT2D eigenvalue weighted by Gasteiger charge is -2.31. The Labute approximate surface area is 113 Å². The van der Waals surface area contributed by atoms with E-state index in [9.17, 15) is 5.26 Å². The van der Waals surface area contributed by atoms with Crippen molar-refractivity contribution in [2.75, 3.05) is 19.6 Å². The maximum absolute atomic E-state index is 9.33. The third-order valence-electron chi connectivity index (χ3n) is 3.83. The largest absolute Gasteiger partial charge is 0.301 e. The van der Waals surface area contributed by atoms with Gasteiger partial charge in [-0.05, 0) is 58.9 Å². The fourth-order valence-electron chi connectivity index (χ4n) is 2.14. The molecule has 0 aliphatic heterocycles. The minimum atomic E-state index is -0.368. The van der Waals surface area contributed by atoms with Gasteiger partial charge in [-0.25, -0.2) is 0 Å². The Morgan fingerprint density at radius 2 is 2.11 bits per heavy atom. The molecule has 0 heterocycles. The molecule has 0 saturated heterocycles. The smallest absolute Gasteiger partial charge is 0.105 e. The summed E-state index contributed by atoms with van der Waals surface area (Å²) in [5.41, 5.74) is -0.368. The van der Waals surface area contributed by atoms with Gasteiger partial charge in [0.2, 0.25) is 0 Å². The molecule has 0 bridgehead atoms. The summed E-state index contributed by atoms with van der Waals surface area (Å²) in [7, 11) is 0. The standard InChI is InChI=1S/C15H29N3/c1-5-9-17-15(4,12-16)8-10-18(13(2)3)11-14-6-7-14/h13-14,17H,5-11H2,1-4H3. The van der Waals surface area contributed by atoms with Crippen LogP contribution in [0.25, 0.3) is 0 Å². The number of hydrogen-bond acceptors (Lipinski definition) is 3. The summed E-state index contributed by atoms with van der Waals surface area (Å²) in [5.74, 6) is 0.921. The molecular formula is C15H29N3.